The average molecular weight is 306 g/mol. The molecule has 1 heterocycles. The molecule has 0 unspecified atom stereocenters. The highest BCUT2D eigenvalue weighted by atomic mass is 16.2. The zero-order valence-electron chi connectivity index (χ0n) is 13.4. The first kappa shape index (κ1) is 15.0. The molecule has 0 fully saturated rings. The van der Waals surface area contributed by atoms with Crippen molar-refractivity contribution in [1.82, 2.24) is 14.8 Å². The number of benzene rings is 2. The van der Waals surface area contributed by atoms with Crippen molar-refractivity contribution in [2.45, 2.75) is 20.8 Å². The van der Waals surface area contributed by atoms with E-state index in [1.165, 1.54) is 5.56 Å². The van der Waals surface area contributed by atoms with Gasteiger partial charge in [0.05, 0.1) is 5.69 Å². The van der Waals surface area contributed by atoms with Crippen LogP contribution in [0, 0.1) is 20.8 Å². The zero-order valence-corrected chi connectivity index (χ0v) is 13.4. The largest absolute Gasteiger partial charge is 0.319 e. The molecule has 0 saturated carbocycles. The molecule has 5 heteroatoms. The number of nitrogens with zero attached hydrogens (tertiary/aromatic N) is 3. The van der Waals surface area contributed by atoms with Crippen molar-refractivity contribution in [3.8, 4) is 5.69 Å². The number of aryl methyl sites for hydroxylation is 3. The Kier molecular flexibility index (Phi) is 3.93. The first-order chi connectivity index (χ1) is 11.0. The number of hydrogen-bond donors (Lipinski definition) is 1. The molecule has 0 atom stereocenters. The molecule has 116 valence electrons. The molecule has 5 nitrogen and oxygen atoms in total. The van der Waals surface area contributed by atoms with Crippen LogP contribution >= 0.6 is 0 Å². The lowest BCUT2D eigenvalue weighted by Crippen LogP contribution is -2.14. The summed E-state index contributed by atoms with van der Waals surface area (Å²) in [6.07, 6.45) is 1.54. The third-order valence-electron chi connectivity index (χ3n) is 3.47. The summed E-state index contributed by atoms with van der Waals surface area (Å²) in [5.74, 6) is -0.175. The Bertz CT molecular complexity index is 829. The van der Waals surface area contributed by atoms with E-state index in [1.54, 1.807) is 11.0 Å². The first-order valence-corrected chi connectivity index (χ1v) is 7.39. The number of aromatic nitrogens is 3. The van der Waals surface area contributed by atoms with Gasteiger partial charge in [-0.15, -0.1) is 5.10 Å². The van der Waals surface area contributed by atoms with Gasteiger partial charge in [-0.1, -0.05) is 23.8 Å². The van der Waals surface area contributed by atoms with Gasteiger partial charge in [-0.25, -0.2) is 9.67 Å². The van der Waals surface area contributed by atoms with Gasteiger partial charge in [0.1, 0.15) is 6.33 Å². The van der Waals surface area contributed by atoms with E-state index < -0.39 is 0 Å². The summed E-state index contributed by atoms with van der Waals surface area (Å²) in [7, 11) is 0. The van der Waals surface area contributed by atoms with Crippen LogP contribution in [0.15, 0.2) is 48.8 Å². The lowest BCUT2D eigenvalue weighted by atomic mass is 10.1. The molecular weight excluding hydrogens is 288 g/mol. The van der Waals surface area contributed by atoms with Crippen molar-refractivity contribution in [3.63, 3.8) is 0 Å². The molecule has 23 heavy (non-hydrogen) atoms. The van der Waals surface area contributed by atoms with Crippen LogP contribution < -0.4 is 5.32 Å². The van der Waals surface area contributed by atoms with Crippen molar-refractivity contribution in [3.05, 3.63) is 71.3 Å². The van der Waals surface area contributed by atoms with Gasteiger partial charge in [-0.05, 0) is 56.2 Å². The Balaban J connectivity index is 1.79. The number of nitrogens with one attached hydrogen (secondary N) is 1. The van der Waals surface area contributed by atoms with Crippen LogP contribution in [0.5, 0.6) is 0 Å². The quantitative estimate of drug-likeness (QED) is 0.806. The van der Waals surface area contributed by atoms with Crippen LogP contribution in [0.3, 0.4) is 0 Å². The zero-order chi connectivity index (χ0) is 16.4. The number of rotatable bonds is 3. The number of carbonyl (C=O) groups is 1. The maximum absolute atomic E-state index is 12.3. The van der Waals surface area contributed by atoms with Crippen molar-refractivity contribution >= 4 is 11.6 Å². The van der Waals surface area contributed by atoms with Gasteiger partial charge < -0.3 is 5.32 Å². The summed E-state index contributed by atoms with van der Waals surface area (Å²) in [5, 5.41) is 7.08. The van der Waals surface area contributed by atoms with Gasteiger partial charge in [-0.2, -0.15) is 0 Å². The standard InChI is InChI=1S/C18H18N4O/c1-12-4-6-16(7-5-12)22-11-19-17(21-22)18(23)20-15-9-13(2)8-14(3)10-15/h4-11H,1-3H3,(H,20,23). The third kappa shape index (κ3) is 3.45. The maximum Gasteiger partial charge on any atom is 0.295 e. The lowest BCUT2D eigenvalue weighted by molar-refractivity contribution is 0.101. The van der Waals surface area contributed by atoms with Crippen molar-refractivity contribution in [1.29, 1.82) is 0 Å². The van der Waals surface area contributed by atoms with Crippen LogP contribution in [0.1, 0.15) is 27.3 Å². The van der Waals surface area contributed by atoms with E-state index in [2.05, 4.69) is 21.5 Å². The molecule has 3 aromatic rings. The molecule has 0 aliphatic carbocycles. The van der Waals surface area contributed by atoms with E-state index in [9.17, 15) is 4.79 Å². The highest BCUT2D eigenvalue weighted by molar-refractivity contribution is 6.01. The highest BCUT2D eigenvalue weighted by Crippen LogP contribution is 2.14. The van der Waals surface area contributed by atoms with E-state index >= 15 is 0 Å². The molecular formula is C18H18N4O. The number of carbonyl (C=O) groups excluding carboxylic acids is 1. The van der Waals surface area contributed by atoms with Crippen LogP contribution in [-0.2, 0) is 0 Å². The molecule has 0 spiro atoms. The van der Waals surface area contributed by atoms with Crippen molar-refractivity contribution in [2.75, 3.05) is 5.32 Å². The second-order valence-corrected chi connectivity index (χ2v) is 5.68. The number of amides is 1. The molecule has 1 N–H and O–H groups in total. The van der Waals surface area contributed by atoms with E-state index in [0.29, 0.717) is 0 Å². The highest BCUT2D eigenvalue weighted by Gasteiger charge is 2.12. The van der Waals surface area contributed by atoms with Crippen LogP contribution in [-0.4, -0.2) is 20.7 Å². The maximum atomic E-state index is 12.3. The summed E-state index contributed by atoms with van der Waals surface area (Å²) in [6.45, 7) is 6.01. The first-order valence-electron chi connectivity index (χ1n) is 7.39. The van der Waals surface area contributed by atoms with Gasteiger partial charge in [0.25, 0.3) is 5.91 Å². The summed E-state index contributed by atoms with van der Waals surface area (Å²) in [6, 6.07) is 13.8. The Labute approximate surface area is 135 Å². The fraction of sp³-hybridized carbons (Fsp3) is 0.167. The Hall–Kier alpha value is -2.95. The molecule has 0 saturated heterocycles. The van der Waals surface area contributed by atoms with E-state index in [-0.39, 0.29) is 11.7 Å². The van der Waals surface area contributed by atoms with Crippen LogP contribution in [0.25, 0.3) is 5.69 Å². The normalized spacial score (nSPS) is 10.6. The fourth-order valence-corrected chi connectivity index (χ4v) is 2.42. The van der Waals surface area contributed by atoms with Crippen LogP contribution in [0.4, 0.5) is 5.69 Å². The topological polar surface area (TPSA) is 59.8 Å². The van der Waals surface area contributed by atoms with Crippen molar-refractivity contribution < 1.29 is 4.79 Å². The van der Waals surface area contributed by atoms with Gasteiger partial charge in [-0.3, -0.25) is 4.79 Å². The SMILES string of the molecule is Cc1ccc(-n2cnc(C(=O)Nc3cc(C)cc(C)c3)n2)cc1. The minimum Gasteiger partial charge on any atom is -0.319 e. The van der Waals surface area contributed by atoms with E-state index in [1.807, 2.05) is 57.2 Å². The summed E-state index contributed by atoms with van der Waals surface area (Å²) >= 11 is 0. The van der Waals surface area contributed by atoms with Crippen LogP contribution in [0.2, 0.25) is 0 Å². The van der Waals surface area contributed by atoms with Crippen molar-refractivity contribution in [2.24, 2.45) is 0 Å². The summed E-state index contributed by atoms with van der Waals surface area (Å²) in [5.41, 5.74) is 4.98. The van der Waals surface area contributed by atoms with Gasteiger partial charge >= 0.3 is 0 Å². The molecule has 3 rings (SSSR count). The Morgan fingerprint density at radius 1 is 0.957 bits per heavy atom. The second kappa shape index (κ2) is 6.04. The predicted molar refractivity (Wildman–Crippen MR) is 90.0 cm³/mol. The minimum absolute atomic E-state index is 0.143. The molecule has 1 aromatic heterocycles. The Morgan fingerprint density at radius 2 is 1.61 bits per heavy atom. The molecule has 1 amide bonds. The smallest absolute Gasteiger partial charge is 0.295 e. The summed E-state index contributed by atoms with van der Waals surface area (Å²) in [4.78, 5) is 16.4. The van der Waals surface area contributed by atoms with Gasteiger partial charge in [0.2, 0.25) is 5.82 Å². The molecule has 2 aromatic carbocycles. The minimum atomic E-state index is -0.319. The van der Waals surface area contributed by atoms with Gasteiger partial charge in [0, 0.05) is 5.69 Å². The summed E-state index contributed by atoms with van der Waals surface area (Å²) < 4.78 is 1.59. The predicted octanol–water partition coefficient (Wildman–Crippen LogP) is 3.44. The third-order valence-corrected chi connectivity index (χ3v) is 3.47. The Morgan fingerprint density at radius 3 is 2.26 bits per heavy atom. The van der Waals surface area contributed by atoms with E-state index in [4.69, 9.17) is 0 Å². The monoisotopic (exact) mass is 306 g/mol. The number of anilines is 1. The molecule has 0 radical (unpaired) electrons. The molecule has 0 aliphatic heterocycles. The van der Waals surface area contributed by atoms with E-state index in [0.717, 1.165) is 22.5 Å². The fourth-order valence-electron chi connectivity index (χ4n) is 2.42. The molecule has 0 bridgehead atoms. The molecule has 0 aliphatic rings. The lowest BCUT2D eigenvalue weighted by Gasteiger charge is -2.05. The number of hydrogen-bond acceptors (Lipinski definition) is 3. The van der Waals surface area contributed by atoms with Gasteiger partial charge in [0.15, 0.2) is 0 Å². The average Bonchev–Trinajstić information content (AvgIpc) is 2.97. The second-order valence-electron chi connectivity index (χ2n) is 5.68.